The normalized spacial score (nSPS) is 29.8. The summed E-state index contributed by atoms with van der Waals surface area (Å²) < 4.78 is 0. The van der Waals surface area contributed by atoms with Gasteiger partial charge >= 0.3 is 0 Å². The van der Waals surface area contributed by atoms with Crippen molar-refractivity contribution < 1.29 is 0 Å². The lowest BCUT2D eigenvalue weighted by atomic mass is 9.65. The van der Waals surface area contributed by atoms with Gasteiger partial charge in [-0.05, 0) is 49.1 Å². The van der Waals surface area contributed by atoms with Crippen molar-refractivity contribution in [2.24, 2.45) is 5.41 Å². The maximum absolute atomic E-state index is 2.48. The van der Waals surface area contributed by atoms with E-state index < -0.39 is 0 Å². The van der Waals surface area contributed by atoms with Crippen molar-refractivity contribution in [3.05, 3.63) is 53.1 Å². The summed E-state index contributed by atoms with van der Waals surface area (Å²) >= 11 is 0. The highest BCUT2D eigenvalue weighted by atomic mass is 15.3. The number of rotatable bonds is 2. The summed E-state index contributed by atoms with van der Waals surface area (Å²) in [6, 6.07) is 9.15. The lowest BCUT2D eigenvalue weighted by molar-refractivity contribution is 0.426. The van der Waals surface area contributed by atoms with Crippen LogP contribution in [0.3, 0.4) is 0 Å². The van der Waals surface area contributed by atoms with E-state index in [2.05, 4.69) is 76.1 Å². The van der Waals surface area contributed by atoms with Crippen molar-refractivity contribution in [3.8, 4) is 0 Å². The van der Waals surface area contributed by atoms with Gasteiger partial charge in [0.15, 0.2) is 0 Å². The number of likely N-dealkylation sites (N-methyl/N-ethyl adjacent to an activating group) is 1. The summed E-state index contributed by atoms with van der Waals surface area (Å²) in [4.78, 5) is 2.48. The quantitative estimate of drug-likeness (QED) is 0.498. The lowest BCUT2D eigenvalue weighted by Gasteiger charge is -2.40. The molecule has 3 rings (SSSR count). The van der Waals surface area contributed by atoms with Crippen LogP contribution in [0.1, 0.15) is 59.1 Å². The molecule has 1 aromatic rings. The van der Waals surface area contributed by atoms with Gasteiger partial charge in [0.25, 0.3) is 0 Å². The Morgan fingerprint density at radius 3 is 2.13 bits per heavy atom. The summed E-state index contributed by atoms with van der Waals surface area (Å²) in [5, 5.41) is 0. The van der Waals surface area contributed by atoms with Crippen molar-refractivity contribution in [2.45, 2.75) is 59.9 Å². The molecule has 1 heterocycles. The topological polar surface area (TPSA) is 3.01 Å². The molecule has 1 aliphatic heterocycles. The molecule has 0 N–H and O–H groups in total. The molecule has 1 spiro atoms. The Morgan fingerprint density at radius 1 is 1.13 bits per heavy atom. The van der Waals surface area contributed by atoms with Crippen molar-refractivity contribution in [3.63, 3.8) is 0 Å². The fourth-order valence-electron chi connectivity index (χ4n) is 4.26. The average Bonchev–Trinajstić information content (AvgIpc) is 3.19. The van der Waals surface area contributed by atoms with Gasteiger partial charge in [0.2, 0.25) is 0 Å². The summed E-state index contributed by atoms with van der Waals surface area (Å²) in [6.07, 6.45) is 7.10. The second-order valence-electron chi connectivity index (χ2n) is 7.09. The predicted octanol–water partition coefficient (Wildman–Crippen LogP) is 5.72. The van der Waals surface area contributed by atoms with Crippen LogP contribution in [0.4, 0.5) is 0 Å². The fourth-order valence-corrected chi connectivity index (χ4v) is 4.26. The number of benzene rings is 1. The van der Waals surface area contributed by atoms with E-state index in [1.54, 1.807) is 5.57 Å². The first-order valence-electron chi connectivity index (χ1n) is 9.14. The highest BCUT2D eigenvalue weighted by Crippen LogP contribution is 2.57. The maximum atomic E-state index is 2.48. The van der Waals surface area contributed by atoms with Gasteiger partial charge in [0, 0.05) is 12.0 Å². The van der Waals surface area contributed by atoms with Crippen molar-refractivity contribution in [2.75, 3.05) is 13.6 Å². The number of allylic oxidation sites excluding steroid dienone is 2. The van der Waals surface area contributed by atoms with Crippen molar-refractivity contribution in [1.29, 1.82) is 0 Å². The smallest absolute Gasteiger partial charge is 0.0590 e. The van der Waals surface area contributed by atoms with Crippen LogP contribution in [0.25, 0.3) is 5.57 Å². The average molecular weight is 312 g/mol. The van der Waals surface area contributed by atoms with Gasteiger partial charge < -0.3 is 0 Å². The van der Waals surface area contributed by atoms with Crippen LogP contribution in [0.2, 0.25) is 0 Å². The standard InChI is InChI=1S/C20H27N.C2H6/c1-6-15-8-10-16(11-9-15)17-12-13-20(14-21(20)5)18(7-2)19(17,3)4;1-2/h7-12H,6,13-14H2,1-5H3;1-2H3/b18-7-;. The number of hydrogen-bond acceptors (Lipinski definition) is 1. The van der Waals surface area contributed by atoms with E-state index in [9.17, 15) is 0 Å². The van der Waals surface area contributed by atoms with Gasteiger partial charge in [-0.2, -0.15) is 0 Å². The van der Waals surface area contributed by atoms with E-state index in [1.807, 2.05) is 13.8 Å². The van der Waals surface area contributed by atoms with Gasteiger partial charge in [-0.15, -0.1) is 0 Å². The second kappa shape index (κ2) is 6.65. The molecule has 2 atom stereocenters. The van der Waals surface area contributed by atoms with Crippen molar-refractivity contribution in [1.82, 2.24) is 4.90 Å². The van der Waals surface area contributed by atoms with Gasteiger partial charge in [-0.1, -0.05) is 71.0 Å². The highest BCUT2D eigenvalue weighted by molar-refractivity contribution is 5.76. The molecule has 1 aliphatic carbocycles. The highest BCUT2D eigenvalue weighted by Gasteiger charge is 2.57. The third kappa shape index (κ3) is 2.92. The monoisotopic (exact) mass is 311 g/mol. The minimum Gasteiger partial charge on any atom is -0.293 e. The number of hydrogen-bond donors (Lipinski definition) is 0. The first-order chi connectivity index (χ1) is 11.0. The van der Waals surface area contributed by atoms with Crippen LogP contribution in [-0.4, -0.2) is 24.0 Å². The molecule has 0 amide bonds. The molecule has 0 aromatic heterocycles. The molecule has 0 bridgehead atoms. The number of nitrogens with zero attached hydrogens (tertiary/aromatic N) is 1. The van der Waals surface area contributed by atoms with Crippen LogP contribution >= 0.6 is 0 Å². The zero-order chi connectivity index (χ0) is 17.3. The Kier molecular flexibility index (Phi) is 5.20. The molecule has 0 saturated carbocycles. The van der Waals surface area contributed by atoms with E-state index in [0.717, 1.165) is 12.8 Å². The Labute approximate surface area is 143 Å². The lowest BCUT2D eigenvalue weighted by Crippen LogP contribution is -2.34. The van der Waals surface area contributed by atoms with Crippen LogP contribution < -0.4 is 0 Å². The van der Waals surface area contributed by atoms with Crippen LogP contribution in [0.15, 0.2) is 42.0 Å². The van der Waals surface area contributed by atoms with Crippen LogP contribution in [0, 0.1) is 5.41 Å². The molecule has 1 nitrogen and oxygen atoms in total. The third-order valence-corrected chi connectivity index (χ3v) is 5.58. The predicted molar refractivity (Wildman–Crippen MR) is 103 cm³/mol. The van der Waals surface area contributed by atoms with E-state index in [-0.39, 0.29) is 5.41 Å². The molecule has 1 heteroatoms. The van der Waals surface area contributed by atoms with E-state index in [4.69, 9.17) is 0 Å². The molecule has 23 heavy (non-hydrogen) atoms. The van der Waals surface area contributed by atoms with Gasteiger partial charge in [-0.25, -0.2) is 0 Å². The molecule has 1 fully saturated rings. The molecular weight excluding hydrogens is 278 g/mol. The Morgan fingerprint density at radius 2 is 1.70 bits per heavy atom. The van der Waals surface area contributed by atoms with Gasteiger partial charge in [0.05, 0.1) is 5.54 Å². The summed E-state index contributed by atoms with van der Waals surface area (Å²) in [5.41, 5.74) is 6.31. The van der Waals surface area contributed by atoms with Gasteiger partial charge in [-0.3, -0.25) is 4.90 Å². The van der Waals surface area contributed by atoms with Crippen LogP contribution in [-0.2, 0) is 6.42 Å². The van der Waals surface area contributed by atoms with Crippen molar-refractivity contribution >= 4 is 5.57 Å². The molecule has 0 radical (unpaired) electrons. The molecular formula is C22H33N. The minimum atomic E-state index is 0.117. The first-order valence-corrected chi connectivity index (χ1v) is 9.14. The minimum absolute atomic E-state index is 0.117. The molecule has 126 valence electrons. The summed E-state index contributed by atoms with van der Waals surface area (Å²) in [7, 11) is 2.24. The molecule has 1 saturated heterocycles. The van der Waals surface area contributed by atoms with E-state index >= 15 is 0 Å². The summed E-state index contributed by atoms with van der Waals surface area (Å²) in [6.45, 7) is 14.4. The van der Waals surface area contributed by atoms with Crippen LogP contribution in [0.5, 0.6) is 0 Å². The second-order valence-corrected chi connectivity index (χ2v) is 7.09. The third-order valence-electron chi connectivity index (χ3n) is 5.58. The molecule has 1 aromatic carbocycles. The van der Waals surface area contributed by atoms with E-state index in [0.29, 0.717) is 5.54 Å². The number of aryl methyl sites for hydroxylation is 1. The largest absolute Gasteiger partial charge is 0.293 e. The van der Waals surface area contributed by atoms with E-state index in [1.165, 1.54) is 23.2 Å². The van der Waals surface area contributed by atoms with Gasteiger partial charge in [0.1, 0.15) is 0 Å². The first kappa shape index (κ1) is 18.0. The fraction of sp³-hybridized carbons (Fsp3) is 0.545. The Hall–Kier alpha value is -1.34. The Balaban J connectivity index is 0.000000924. The molecule has 2 unspecified atom stereocenters. The Bertz CT molecular complexity index is 603. The SMILES string of the molecule is C/C=C1/C(C)(C)C(c2ccc(CC)cc2)=CCC12CN2C.CC. The maximum Gasteiger partial charge on any atom is 0.0590 e. The summed E-state index contributed by atoms with van der Waals surface area (Å²) in [5.74, 6) is 0. The zero-order valence-corrected chi connectivity index (χ0v) is 16.0. The molecule has 2 aliphatic rings. The zero-order valence-electron chi connectivity index (χ0n) is 16.0.